The van der Waals surface area contributed by atoms with E-state index >= 15 is 0 Å². The molecule has 0 N–H and O–H groups in total. The Morgan fingerprint density at radius 2 is 1.88 bits per heavy atom. The van der Waals surface area contributed by atoms with E-state index in [1.54, 1.807) is 0 Å². The van der Waals surface area contributed by atoms with E-state index in [1.807, 2.05) is 29.2 Å². The van der Waals surface area contributed by atoms with Gasteiger partial charge in [-0.2, -0.15) is 0 Å². The number of fused-ring (bicyclic) bond motifs is 1. The Morgan fingerprint density at radius 3 is 2.73 bits per heavy atom. The van der Waals surface area contributed by atoms with Crippen LogP contribution in [0.25, 0.3) is 11.3 Å². The van der Waals surface area contributed by atoms with Crippen molar-refractivity contribution >= 4 is 5.91 Å². The van der Waals surface area contributed by atoms with Gasteiger partial charge < -0.3 is 23.6 Å². The summed E-state index contributed by atoms with van der Waals surface area (Å²) in [6.07, 6.45) is 4.56. The lowest BCUT2D eigenvalue weighted by atomic mass is 10.1. The smallest absolute Gasteiger partial charge is 0.248 e. The van der Waals surface area contributed by atoms with Crippen molar-refractivity contribution in [1.29, 1.82) is 0 Å². The summed E-state index contributed by atoms with van der Waals surface area (Å²) in [4.78, 5) is 14.1. The van der Waals surface area contributed by atoms with Gasteiger partial charge in [-0.3, -0.25) is 4.79 Å². The molecule has 2 aliphatic heterocycles. The first-order valence-electron chi connectivity index (χ1n) is 9.01. The van der Waals surface area contributed by atoms with Gasteiger partial charge in [0.2, 0.25) is 12.7 Å². The van der Waals surface area contributed by atoms with Gasteiger partial charge in [0.25, 0.3) is 0 Å². The zero-order valence-corrected chi connectivity index (χ0v) is 14.6. The van der Waals surface area contributed by atoms with E-state index in [4.69, 9.17) is 18.7 Å². The second kappa shape index (κ2) is 7.78. The Kier molecular flexibility index (Phi) is 5.06. The molecule has 1 aromatic carbocycles. The van der Waals surface area contributed by atoms with E-state index < -0.39 is 0 Å². The first-order valence-corrected chi connectivity index (χ1v) is 9.01. The molecule has 0 radical (unpaired) electrons. The predicted octanol–water partition coefficient (Wildman–Crippen LogP) is 2.99. The molecule has 26 heavy (non-hydrogen) atoms. The maximum absolute atomic E-state index is 12.2. The SMILES string of the molecule is O=C(COCc1cc(-c2ccc3c(c2)OCO3)on1)N1CCCCCC1. The maximum atomic E-state index is 12.2. The molecule has 0 unspecified atom stereocenters. The van der Waals surface area contributed by atoms with Crippen molar-refractivity contribution in [2.75, 3.05) is 26.5 Å². The van der Waals surface area contributed by atoms with Crippen molar-refractivity contribution in [3.8, 4) is 22.8 Å². The lowest BCUT2D eigenvalue weighted by Crippen LogP contribution is -2.34. The molecule has 2 aromatic rings. The van der Waals surface area contributed by atoms with Crippen molar-refractivity contribution in [3.05, 3.63) is 30.0 Å². The molecule has 3 heterocycles. The number of amides is 1. The number of carbonyl (C=O) groups excluding carboxylic acids is 1. The van der Waals surface area contributed by atoms with E-state index in [0.29, 0.717) is 17.2 Å². The fraction of sp³-hybridized carbons (Fsp3) is 0.474. The molecule has 0 bridgehead atoms. The zero-order valence-electron chi connectivity index (χ0n) is 14.6. The standard InChI is InChI=1S/C19H22N2O5/c22-19(21-7-3-1-2-4-8-21)12-23-11-15-10-17(26-20-15)14-5-6-16-18(9-14)25-13-24-16/h5-6,9-10H,1-4,7-8,11-13H2. The van der Waals surface area contributed by atoms with E-state index in [-0.39, 0.29) is 25.9 Å². The van der Waals surface area contributed by atoms with Gasteiger partial charge in [0.05, 0.1) is 6.61 Å². The molecule has 2 aliphatic rings. The van der Waals surface area contributed by atoms with Crippen LogP contribution >= 0.6 is 0 Å². The fourth-order valence-corrected chi connectivity index (χ4v) is 3.22. The number of likely N-dealkylation sites (tertiary alicyclic amines) is 1. The Balaban J connectivity index is 1.30. The highest BCUT2D eigenvalue weighted by atomic mass is 16.7. The topological polar surface area (TPSA) is 74.0 Å². The second-order valence-corrected chi connectivity index (χ2v) is 6.54. The van der Waals surface area contributed by atoms with Crippen LogP contribution in [0.4, 0.5) is 0 Å². The van der Waals surface area contributed by atoms with Crippen molar-refractivity contribution in [2.24, 2.45) is 0 Å². The average Bonchev–Trinajstić information content (AvgIpc) is 3.23. The van der Waals surface area contributed by atoms with Crippen LogP contribution in [-0.2, 0) is 16.1 Å². The van der Waals surface area contributed by atoms with Crippen LogP contribution in [0.5, 0.6) is 11.5 Å². The molecular weight excluding hydrogens is 336 g/mol. The number of hydrogen-bond donors (Lipinski definition) is 0. The van der Waals surface area contributed by atoms with Gasteiger partial charge in [0, 0.05) is 24.7 Å². The summed E-state index contributed by atoms with van der Waals surface area (Å²) in [6.45, 7) is 2.22. The van der Waals surface area contributed by atoms with Gasteiger partial charge in [0.1, 0.15) is 12.3 Å². The minimum Gasteiger partial charge on any atom is -0.454 e. The van der Waals surface area contributed by atoms with Crippen LogP contribution in [0.3, 0.4) is 0 Å². The molecule has 4 rings (SSSR count). The van der Waals surface area contributed by atoms with Gasteiger partial charge in [-0.1, -0.05) is 18.0 Å². The summed E-state index contributed by atoms with van der Waals surface area (Å²) < 4.78 is 21.6. The number of ether oxygens (including phenoxy) is 3. The van der Waals surface area contributed by atoms with Crippen LogP contribution in [0, 0.1) is 0 Å². The number of carbonyl (C=O) groups is 1. The summed E-state index contributed by atoms with van der Waals surface area (Å²) in [5.41, 5.74) is 1.51. The predicted molar refractivity (Wildman–Crippen MR) is 92.8 cm³/mol. The first-order chi connectivity index (χ1) is 12.8. The van der Waals surface area contributed by atoms with E-state index in [1.165, 1.54) is 12.8 Å². The molecule has 1 amide bonds. The third-order valence-electron chi connectivity index (χ3n) is 4.65. The molecule has 0 aliphatic carbocycles. The minimum atomic E-state index is 0.0476. The Bertz CT molecular complexity index is 765. The van der Waals surface area contributed by atoms with E-state index in [9.17, 15) is 4.79 Å². The number of aromatic nitrogens is 1. The summed E-state index contributed by atoms with van der Waals surface area (Å²) in [5.74, 6) is 2.09. The van der Waals surface area contributed by atoms with Crippen LogP contribution in [0.1, 0.15) is 31.4 Å². The molecule has 1 saturated heterocycles. The molecule has 7 nitrogen and oxygen atoms in total. The Labute approximate surface area is 151 Å². The number of hydrogen-bond acceptors (Lipinski definition) is 6. The summed E-state index contributed by atoms with van der Waals surface area (Å²) >= 11 is 0. The van der Waals surface area contributed by atoms with E-state index in [2.05, 4.69) is 5.16 Å². The highest BCUT2D eigenvalue weighted by Gasteiger charge is 2.17. The minimum absolute atomic E-state index is 0.0476. The largest absolute Gasteiger partial charge is 0.454 e. The molecule has 1 fully saturated rings. The summed E-state index contributed by atoms with van der Waals surface area (Å²) in [5, 5.41) is 4.01. The summed E-state index contributed by atoms with van der Waals surface area (Å²) in [7, 11) is 0. The van der Waals surface area contributed by atoms with Gasteiger partial charge in [0.15, 0.2) is 17.3 Å². The quantitative estimate of drug-likeness (QED) is 0.818. The van der Waals surface area contributed by atoms with Gasteiger partial charge in [-0.15, -0.1) is 0 Å². The van der Waals surface area contributed by atoms with Crippen molar-refractivity contribution < 1.29 is 23.5 Å². The normalized spacial score (nSPS) is 16.5. The van der Waals surface area contributed by atoms with Gasteiger partial charge >= 0.3 is 0 Å². The van der Waals surface area contributed by atoms with Crippen molar-refractivity contribution in [1.82, 2.24) is 10.1 Å². The van der Waals surface area contributed by atoms with Crippen LogP contribution in [0.2, 0.25) is 0 Å². The zero-order chi connectivity index (χ0) is 17.8. The number of benzene rings is 1. The first kappa shape index (κ1) is 16.9. The van der Waals surface area contributed by atoms with Crippen molar-refractivity contribution in [3.63, 3.8) is 0 Å². The van der Waals surface area contributed by atoms with Gasteiger partial charge in [-0.25, -0.2) is 0 Å². The fourth-order valence-electron chi connectivity index (χ4n) is 3.22. The third-order valence-corrected chi connectivity index (χ3v) is 4.65. The third kappa shape index (κ3) is 3.83. The lowest BCUT2D eigenvalue weighted by molar-refractivity contribution is -0.136. The van der Waals surface area contributed by atoms with Crippen LogP contribution < -0.4 is 9.47 Å². The van der Waals surface area contributed by atoms with Gasteiger partial charge in [-0.05, 0) is 31.0 Å². The molecule has 138 valence electrons. The second-order valence-electron chi connectivity index (χ2n) is 6.54. The molecule has 7 heteroatoms. The van der Waals surface area contributed by atoms with E-state index in [0.717, 1.165) is 37.2 Å². The highest BCUT2D eigenvalue weighted by Crippen LogP contribution is 2.36. The number of nitrogens with zero attached hydrogens (tertiary/aromatic N) is 2. The van der Waals surface area contributed by atoms with Crippen molar-refractivity contribution in [2.45, 2.75) is 32.3 Å². The molecule has 0 saturated carbocycles. The Morgan fingerprint density at radius 1 is 1.08 bits per heavy atom. The molecule has 0 atom stereocenters. The monoisotopic (exact) mass is 358 g/mol. The van der Waals surface area contributed by atoms with Crippen LogP contribution in [-0.4, -0.2) is 42.5 Å². The van der Waals surface area contributed by atoms with Crippen LogP contribution in [0.15, 0.2) is 28.8 Å². The molecule has 1 aromatic heterocycles. The Hall–Kier alpha value is -2.54. The lowest BCUT2D eigenvalue weighted by Gasteiger charge is -2.19. The average molecular weight is 358 g/mol. The summed E-state index contributed by atoms with van der Waals surface area (Å²) in [6, 6.07) is 7.40. The maximum Gasteiger partial charge on any atom is 0.248 e. The molecule has 0 spiro atoms. The number of rotatable bonds is 5. The molecular formula is C19H22N2O5. The highest BCUT2D eigenvalue weighted by molar-refractivity contribution is 5.77.